The minimum absolute atomic E-state index is 0.0479. The summed E-state index contributed by atoms with van der Waals surface area (Å²) in [6.07, 6.45) is 1.90. The van der Waals surface area contributed by atoms with Crippen LogP contribution in [0.2, 0.25) is 0 Å². The molecule has 26 heavy (non-hydrogen) atoms. The summed E-state index contributed by atoms with van der Waals surface area (Å²) < 4.78 is 4.92. The third kappa shape index (κ3) is 2.89. The van der Waals surface area contributed by atoms with Gasteiger partial charge in [0.05, 0.1) is 11.8 Å². The lowest BCUT2D eigenvalue weighted by atomic mass is 9.93. The molecule has 136 valence electrons. The number of aromatic nitrogens is 3. The predicted molar refractivity (Wildman–Crippen MR) is 99.2 cm³/mol. The Labute approximate surface area is 151 Å². The van der Waals surface area contributed by atoms with Crippen molar-refractivity contribution in [1.82, 2.24) is 15.2 Å². The topological polar surface area (TPSA) is 94.2 Å². The molecule has 0 saturated carbocycles. The highest BCUT2D eigenvalue weighted by Gasteiger charge is 2.23. The Kier molecular flexibility index (Phi) is 4.26. The second-order valence-corrected chi connectivity index (χ2v) is 6.77. The zero-order valence-corrected chi connectivity index (χ0v) is 14.9. The number of carbonyl (C=O) groups is 1. The first kappa shape index (κ1) is 16.8. The second kappa shape index (κ2) is 6.59. The molecule has 7 nitrogen and oxygen atoms in total. The Balaban J connectivity index is 1.69. The van der Waals surface area contributed by atoms with Crippen LogP contribution in [0.5, 0.6) is 0 Å². The molecule has 0 spiro atoms. The summed E-state index contributed by atoms with van der Waals surface area (Å²) in [5.41, 5.74) is 5.70. The Bertz CT molecular complexity index is 959. The van der Waals surface area contributed by atoms with Crippen LogP contribution >= 0.6 is 0 Å². The number of rotatable bonds is 4. The molecule has 0 aliphatic heterocycles. The summed E-state index contributed by atoms with van der Waals surface area (Å²) in [5, 5.41) is 18.6. The van der Waals surface area contributed by atoms with Crippen molar-refractivity contribution in [3.8, 4) is 11.4 Å². The minimum Gasteiger partial charge on any atom is -0.393 e. The van der Waals surface area contributed by atoms with Gasteiger partial charge in [-0.05, 0) is 31.0 Å². The van der Waals surface area contributed by atoms with Crippen molar-refractivity contribution in [3.63, 3.8) is 0 Å². The van der Waals surface area contributed by atoms with E-state index in [0.29, 0.717) is 6.42 Å². The highest BCUT2D eigenvalue weighted by molar-refractivity contribution is 5.97. The molecule has 1 atom stereocenters. The normalized spacial score (nSPS) is 16.7. The second-order valence-electron chi connectivity index (χ2n) is 6.77. The van der Waals surface area contributed by atoms with Crippen molar-refractivity contribution in [2.45, 2.75) is 25.4 Å². The molecule has 7 heteroatoms. The number of amides is 1. The number of aryl methyl sites for hydroxylation is 1. The molecule has 1 aliphatic carbocycles. The third-order valence-corrected chi connectivity index (χ3v) is 5.01. The van der Waals surface area contributed by atoms with Gasteiger partial charge in [0, 0.05) is 48.4 Å². The van der Waals surface area contributed by atoms with Crippen LogP contribution in [-0.4, -0.2) is 53.1 Å². The largest absolute Gasteiger partial charge is 0.393 e. The molecule has 3 N–H and O–H groups in total. The quantitative estimate of drug-likeness (QED) is 0.668. The van der Waals surface area contributed by atoms with Gasteiger partial charge >= 0.3 is 0 Å². The van der Waals surface area contributed by atoms with E-state index >= 15 is 0 Å². The van der Waals surface area contributed by atoms with Gasteiger partial charge in [-0.1, -0.05) is 6.07 Å². The van der Waals surface area contributed by atoms with Crippen LogP contribution < -0.4 is 4.90 Å². The lowest BCUT2D eigenvalue weighted by Gasteiger charge is -2.17. The lowest BCUT2D eigenvalue weighted by Crippen LogP contribution is -2.29. The fourth-order valence-corrected chi connectivity index (χ4v) is 3.51. The SMILES string of the molecule is COCC(=O)N(C)c1ccc2cc(-c3n[nH]c4c3CC(O)CC4)[nH]c2c1. The van der Waals surface area contributed by atoms with Gasteiger partial charge in [0.25, 0.3) is 5.91 Å². The van der Waals surface area contributed by atoms with E-state index in [-0.39, 0.29) is 18.6 Å². The number of aliphatic hydroxyl groups excluding tert-OH is 1. The van der Waals surface area contributed by atoms with Gasteiger partial charge in [-0.3, -0.25) is 9.89 Å². The van der Waals surface area contributed by atoms with E-state index in [1.54, 1.807) is 11.9 Å². The molecule has 2 heterocycles. The van der Waals surface area contributed by atoms with Crippen molar-refractivity contribution in [3.05, 3.63) is 35.5 Å². The van der Waals surface area contributed by atoms with E-state index in [9.17, 15) is 9.90 Å². The molecule has 1 aliphatic rings. The number of fused-ring (bicyclic) bond motifs is 2. The Morgan fingerprint density at radius 1 is 1.42 bits per heavy atom. The van der Waals surface area contributed by atoms with Crippen LogP contribution in [0, 0.1) is 0 Å². The van der Waals surface area contributed by atoms with Crippen molar-refractivity contribution >= 4 is 22.5 Å². The molecule has 0 bridgehead atoms. The Morgan fingerprint density at radius 2 is 2.27 bits per heavy atom. The van der Waals surface area contributed by atoms with E-state index in [2.05, 4.69) is 15.2 Å². The summed E-state index contributed by atoms with van der Waals surface area (Å²) in [4.78, 5) is 17.0. The number of benzene rings is 1. The fraction of sp³-hybridized carbons (Fsp3) is 0.368. The number of hydrogen-bond acceptors (Lipinski definition) is 4. The van der Waals surface area contributed by atoms with Crippen molar-refractivity contribution in [2.24, 2.45) is 0 Å². The number of aromatic amines is 2. The average Bonchev–Trinajstić information content (AvgIpc) is 3.23. The maximum absolute atomic E-state index is 12.0. The number of methoxy groups -OCH3 is 1. The number of nitrogens with one attached hydrogen (secondary N) is 2. The molecule has 1 aromatic carbocycles. The maximum Gasteiger partial charge on any atom is 0.252 e. The van der Waals surface area contributed by atoms with Crippen molar-refractivity contribution in [2.75, 3.05) is 25.7 Å². The third-order valence-electron chi connectivity index (χ3n) is 5.01. The number of hydrogen-bond donors (Lipinski definition) is 3. The summed E-state index contributed by atoms with van der Waals surface area (Å²) in [6, 6.07) is 7.89. The molecule has 0 saturated heterocycles. The van der Waals surface area contributed by atoms with Crippen LogP contribution in [0.1, 0.15) is 17.7 Å². The van der Waals surface area contributed by atoms with Crippen molar-refractivity contribution in [1.29, 1.82) is 0 Å². The highest BCUT2D eigenvalue weighted by atomic mass is 16.5. The first-order chi connectivity index (χ1) is 12.6. The van der Waals surface area contributed by atoms with E-state index < -0.39 is 0 Å². The standard InChI is InChI=1S/C19H22N4O3/c1-23(18(25)10-26-2)12-4-3-11-7-17(20-16(11)8-12)19-14-9-13(24)5-6-15(14)21-22-19/h3-4,7-8,13,20,24H,5-6,9-10H2,1-2H3,(H,21,22). The first-order valence-corrected chi connectivity index (χ1v) is 8.69. The minimum atomic E-state index is -0.310. The molecule has 1 unspecified atom stereocenters. The fourth-order valence-electron chi connectivity index (χ4n) is 3.51. The van der Waals surface area contributed by atoms with Gasteiger partial charge in [-0.15, -0.1) is 0 Å². The smallest absolute Gasteiger partial charge is 0.252 e. The molecule has 0 radical (unpaired) electrons. The molecule has 1 amide bonds. The molecule has 4 rings (SSSR count). The Hall–Kier alpha value is -2.64. The van der Waals surface area contributed by atoms with Crippen LogP contribution in [0.25, 0.3) is 22.3 Å². The van der Waals surface area contributed by atoms with Crippen LogP contribution in [-0.2, 0) is 22.4 Å². The number of likely N-dealkylation sites (N-methyl/N-ethyl adjacent to an activating group) is 1. The predicted octanol–water partition coefficient (Wildman–Crippen LogP) is 2.02. The van der Waals surface area contributed by atoms with E-state index in [0.717, 1.165) is 52.1 Å². The molecular formula is C19H22N4O3. The number of carbonyl (C=O) groups excluding carboxylic acids is 1. The summed E-state index contributed by atoms with van der Waals surface area (Å²) in [7, 11) is 3.24. The summed E-state index contributed by atoms with van der Waals surface area (Å²) in [5.74, 6) is -0.103. The number of anilines is 1. The monoisotopic (exact) mass is 354 g/mol. The number of nitrogens with zero attached hydrogens (tertiary/aromatic N) is 2. The summed E-state index contributed by atoms with van der Waals surface area (Å²) in [6.45, 7) is 0.0479. The first-order valence-electron chi connectivity index (χ1n) is 8.69. The number of aliphatic hydroxyl groups is 1. The molecule has 0 fully saturated rings. The van der Waals surface area contributed by atoms with E-state index in [1.165, 1.54) is 7.11 Å². The molecule has 3 aromatic rings. The van der Waals surface area contributed by atoms with E-state index in [4.69, 9.17) is 4.74 Å². The number of H-pyrrole nitrogens is 2. The molecular weight excluding hydrogens is 332 g/mol. The van der Waals surface area contributed by atoms with Crippen LogP contribution in [0.4, 0.5) is 5.69 Å². The van der Waals surface area contributed by atoms with Gasteiger partial charge in [-0.2, -0.15) is 5.10 Å². The van der Waals surface area contributed by atoms with Crippen LogP contribution in [0.15, 0.2) is 24.3 Å². The van der Waals surface area contributed by atoms with Crippen LogP contribution in [0.3, 0.4) is 0 Å². The highest BCUT2D eigenvalue weighted by Crippen LogP contribution is 2.32. The van der Waals surface area contributed by atoms with E-state index in [1.807, 2.05) is 24.3 Å². The van der Waals surface area contributed by atoms with Gasteiger partial charge in [-0.25, -0.2) is 0 Å². The average molecular weight is 354 g/mol. The van der Waals surface area contributed by atoms with Gasteiger partial charge < -0.3 is 19.7 Å². The van der Waals surface area contributed by atoms with Gasteiger partial charge in [0.1, 0.15) is 12.3 Å². The zero-order valence-electron chi connectivity index (χ0n) is 14.9. The maximum atomic E-state index is 12.0. The Morgan fingerprint density at radius 3 is 3.08 bits per heavy atom. The van der Waals surface area contributed by atoms with Gasteiger partial charge in [0.15, 0.2) is 0 Å². The molecule has 2 aromatic heterocycles. The summed E-state index contributed by atoms with van der Waals surface area (Å²) >= 11 is 0. The van der Waals surface area contributed by atoms with Crippen molar-refractivity contribution < 1.29 is 14.6 Å². The lowest BCUT2D eigenvalue weighted by molar-refractivity contribution is -0.121. The zero-order chi connectivity index (χ0) is 18.3. The van der Waals surface area contributed by atoms with Gasteiger partial charge in [0.2, 0.25) is 0 Å². The number of ether oxygens (including phenoxy) is 1.